The fraction of sp³-hybridized carbons (Fsp3) is 0.467. The maximum absolute atomic E-state index is 6.22. The largest absolute Gasteiger partial charge is 0.501 e. The van der Waals surface area contributed by atoms with Crippen LogP contribution in [0, 0.1) is 0 Å². The molecular formula is C15H21NO3. The van der Waals surface area contributed by atoms with Gasteiger partial charge in [-0.05, 0) is 42.5 Å². The number of rotatable bonds is 5. The average Bonchev–Trinajstić information content (AvgIpc) is 2.48. The summed E-state index contributed by atoms with van der Waals surface area (Å²) in [4.78, 5) is 0. The molecule has 1 aliphatic rings. The fourth-order valence-corrected chi connectivity index (χ4v) is 2.25. The van der Waals surface area contributed by atoms with Gasteiger partial charge in [-0.1, -0.05) is 6.07 Å². The Bertz CT molecular complexity index is 457. The summed E-state index contributed by atoms with van der Waals surface area (Å²) in [7, 11) is 3.27. The first kappa shape index (κ1) is 13.7. The third kappa shape index (κ3) is 3.41. The average molecular weight is 263 g/mol. The van der Waals surface area contributed by atoms with Crippen molar-refractivity contribution in [2.75, 3.05) is 20.8 Å². The van der Waals surface area contributed by atoms with E-state index in [0.717, 1.165) is 42.9 Å². The van der Waals surface area contributed by atoms with E-state index in [1.165, 1.54) is 5.57 Å². The van der Waals surface area contributed by atoms with Crippen molar-refractivity contribution in [3.05, 3.63) is 35.6 Å². The van der Waals surface area contributed by atoms with Crippen LogP contribution in [0.2, 0.25) is 0 Å². The molecule has 1 heterocycles. The van der Waals surface area contributed by atoms with E-state index < -0.39 is 0 Å². The van der Waals surface area contributed by atoms with Crippen LogP contribution in [0.1, 0.15) is 18.4 Å². The second kappa shape index (κ2) is 6.48. The maximum atomic E-state index is 6.22. The van der Waals surface area contributed by atoms with Gasteiger partial charge in [-0.2, -0.15) is 0 Å². The smallest absolute Gasteiger partial charge is 0.160 e. The Kier molecular flexibility index (Phi) is 4.68. The van der Waals surface area contributed by atoms with Crippen molar-refractivity contribution in [1.29, 1.82) is 0 Å². The van der Waals surface area contributed by atoms with Gasteiger partial charge in [0.2, 0.25) is 0 Å². The predicted octanol–water partition coefficient (Wildman–Crippen LogP) is 2.27. The van der Waals surface area contributed by atoms with Gasteiger partial charge in [0, 0.05) is 6.04 Å². The van der Waals surface area contributed by atoms with Gasteiger partial charge in [0.05, 0.1) is 27.1 Å². The molecule has 19 heavy (non-hydrogen) atoms. The van der Waals surface area contributed by atoms with Gasteiger partial charge in [0.1, 0.15) is 0 Å². The zero-order valence-electron chi connectivity index (χ0n) is 11.5. The van der Waals surface area contributed by atoms with Crippen molar-refractivity contribution < 1.29 is 14.2 Å². The molecule has 0 bridgehead atoms. The van der Waals surface area contributed by atoms with E-state index in [-0.39, 0.29) is 6.04 Å². The summed E-state index contributed by atoms with van der Waals surface area (Å²) in [6, 6.07) is 5.90. The van der Waals surface area contributed by atoms with Crippen molar-refractivity contribution in [3.63, 3.8) is 0 Å². The number of ether oxygens (including phenoxy) is 3. The predicted molar refractivity (Wildman–Crippen MR) is 74.5 cm³/mol. The summed E-state index contributed by atoms with van der Waals surface area (Å²) in [5.74, 6) is 1.47. The molecule has 1 unspecified atom stereocenters. The summed E-state index contributed by atoms with van der Waals surface area (Å²) >= 11 is 0. The lowest BCUT2D eigenvalue weighted by Gasteiger charge is -2.20. The molecule has 2 N–H and O–H groups in total. The van der Waals surface area contributed by atoms with Crippen molar-refractivity contribution >= 4 is 0 Å². The zero-order chi connectivity index (χ0) is 13.7. The molecule has 0 aromatic heterocycles. The molecular weight excluding hydrogens is 242 g/mol. The van der Waals surface area contributed by atoms with E-state index in [2.05, 4.69) is 0 Å². The highest BCUT2D eigenvalue weighted by Crippen LogP contribution is 2.28. The van der Waals surface area contributed by atoms with E-state index in [1.54, 1.807) is 14.2 Å². The molecule has 0 amide bonds. The molecule has 104 valence electrons. The lowest BCUT2D eigenvalue weighted by atomic mass is 9.96. The molecule has 0 saturated carbocycles. The molecule has 0 aliphatic carbocycles. The van der Waals surface area contributed by atoms with Crippen LogP contribution in [0.5, 0.6) is 11.5 Å². The van der Waals surface area contributed by atoms with Crippen LogP contribution in [-0.4, -0.2) is 26.9 Å². The van der Waals surface area contributed by atoms with Gasteiger partial charge in [0.15, 0.2) is 11.5 Å². The highest BCUT2D eigenvalue weighted by Gasteiger charge is 2.14. The van der Waals surface area contributed by atoms with E-state index >= 15 is 0 Å². The normalized spacial score (nSPS) is 16.3. The van der Waals surface area contributed by atoms with Gasteiger partial charge >= 0.3 is 0 Å². The van der Waals surface area contributed by atoms with Gasteiger partial charge in [-0.15, -0.1) is 0 Å². The van der Waals surface area contributed by atoms with Crippen molar-refractivity contribution in [1.82, 2.24) is 0 Å². The summed E-state index contributed by atoms with van der Waals surface area (Å²) in [6.07, 6.45) is 4.66. The van der Waals surface area contributed by atoms with Crippen molar-refractivity contribution in [3.8, 4) is 11.5 Å². The Labute approximate surface area is 114 Å². The van der Waals surface area contributed by atoms with E-state index in [0.29, 0.717) is 0 Å². The molecule has 0 saturated heterocycles. The van der Waals surface area contributed by atoms with Crippen LogP contribution in [0.4, 0.5) is 0 Å². The SMILES string of the molecule is COc1ccc(CC(N)C2=COCCC2)cc1OC. The maximum Gasteiger partial charge on any atom is 0.160 e. The third-order valence-corrected chi connectivity index (χ3v) is 3.34. The molecule has 1 aliphatic heterocycles. The molecule has 2 rings (SSSR count). The summed E-state index contributed by atoms with van der Waals surface area (Å²) in [5, 5.41) is 0. The van der Waals surface area contributed by atoms with Gasteiger partial charge < -0.3 is 19.9 Å². The lowest BCUT2D eigenvalue weighted by molar-refractivity contribution is 0.221. The number of benzene rings is 1. The molecule has 1 aromatic rings. The Morgan fingerprint density at radius 2 is 2.05 bits per heavy atom. The summed E-state index contributed by atoms with van der Waals surface area (Å²) in [6.45, 7) is 0.798. The van der Waals surface area contributed by atoms with Crippen LogP contribution in [-0.2, 0) is 11.2 Å². The van der Waals surface area contributed by atoms with Gasteiger partial charge in [-0.3, -0.25) is 0 Å². The number of nitrogens with two attached hydrogens (primary N) is 1. The van der Waals surface area contributed by atoms with E-state index in [1.807, 2.05) is 24.5 Å². The van der Waals surface area contributed by atoms with Crippen LogP contribution in [0.3, 0.4) is 0 Å². The summed E-state index contributed by atoms with van der Waals surface area (Å²) in [5.41, 5.74) is 8.54. The zero-order valence-corrected chi connectivity index (χ0v) is 11.5. The number of methoxy groups -OCH3 is 2. The van der Waals surface area contributed by atoms with Gasteiger partial charge in [0.25, 0.3) is 0 Å². The van der Waals surface area contributed by atoms with Crippen LogP contribution in [0.25, 0.3) is 0 Å². The number of hydrogen-bond donors (Lipinski definition) is 1. The van der Waals surface area contributed by atoms with Crippen LogP contribution < -0.4 is 15.2 Å². The first-order valence-corrected chi connectivity index (χ1v) is 6.51. The minimum atomic E-state index is -0.00148. The lowest BCUT2D eigenvalue weighted by Crippen LogP contribution is -2.27. The second-order valence-corrected chi connectivity index (χ2v) is 4.67. The van der Waals surface area contributed by atoms with Crippen molar-refractivity contribution in [2.45, 2.75) is 25.3 Å². The minimum absolute atomic E-state index is 0.00148. The standard InChI is InChI=1S/C15H21NO3/c1-17-14-6-5-11(9-15(14)18-2)8-13(16)12-4-3-7-19-10-12/h5-6,9-10,13H,3-4,7-8,16H2,1-2H3. The van der Waals surface area contributed by atoms with Crippen LogP contribution >= 0.6 is 0 Å². The Morgan fingerprint density at radius 1 is 1.26 bits per heavy atom. The molecule has 1 atom stereocenters. The molecule has 0 radical (unpaired) electrons. The molecule has 4 heteroatoms. The van der Waals surface area contributed by atoms with Crippen molar-refractivity contribution in [2.24, 2.45) is 5.73 Å². The summed E-state index contributed by atoms with van der Waals surface area (Å²) < 4.78 is 15.9. The first-order valence-electron chi connectivity index (χ1n) is 6.51. The minimum Gasteiger partial charge on any atom is -0.501 e. The highest BCUT2D eigenvalue weighted by molar-refractivity contribution is 5.43. The topological polar surface area (TPSA) is 53.7 Å². The molecule has 0 spiro atoms. The van der Waals surface area contributed by atoms with E-state index in [9.17, 15) is 0 Å². The Hall–Kier alpha value is -1.68. The molecule has 0 fully saturated rings. The second-order valence-electron chi connectivity index (χ2n) is 4.67. The Balaban J connectivity index is 2.08. The van der Waals surface area contributed by atoms with E-state index in [4.69, 9.17) is 19.9 Å². The highest BCUT2D eigenvalue weighted by atomic mass is 16.5. The molecule has 4 nitrogen and oxygen atoms in total. The Morgan fingerprint density at radius 3 is 2.68 bits per heavy atom. The number of hydrogen-bond acceptors (Lipinski definition) is 4. The third-order valence-electron chi connectivity index (χ3n) is 3.34. The molecule has 1 aromatic carbocycles. The fourth-order valence-electron chi connectivity index (χ4n) is 2.25. The quantitative estimate of drug-likeness (QED) is 0.885. The monoisotopic (exact) mass is 263 g/mol. The first-order chi connectivity index (χ1) is 9.24. The van der Waals surface area contributed by atoms with Crippen LogP contribution in [0.15, 0.2) is 30.0 Å². The van der Waals surface area contributed by atoms with Gasteiger partial charge in [-0.25, -0.2) is 0 Å².